The molecule has 0 bridgehead atoms. The molecule has 88 valence electrons. The van der Waals surface area contributed by atoms with Gasteiger partial charge in [0, 0.05) is 19.4 Å². The molecule has 1 N–H and O–H groups in total. The lowest BCUT2D eigenvalue weighted by Gasteiger charge is -2.20. The highest BCUT2D eigenvalue weighted by Crippen LogP contribution is 2.03. The van der Waals surface area contributed by atoms with Crippen LogP contribution in [0.2, 0.25) is 0 Å². The minimum atomic E-state index is -2.63. The number of carbonyl (C=O) groups is 2. The van der Waals surface area contributed by atoms with Gasteiger partial charge in [-0.05, 0) is 6.92 Å². The molecule has 0 atom stereocenters. The molecule has 6 heteroatoms. The van der Waals surface area contributed by atoms with Gasteiger partial charge in [0.1, 0.15) is 5.78 Å². The maximum atomic E-state index is 12.0. The van der Waals surface area contributed by atoms with Gasteiger partial charge in [-0.2, -0.15) is 0 Å². The lowest BCUT2D eigenvalue weighted by Crippen LogP contribution is -2.37. The number of Topliss-reactive ketones (excluding diaryl/α,β-unsaturated/α-hetero) is 1. The summed E-state index contributed by atoms with van der Waals surface area (Å²) in [4.78, 5) is 22.8. The molecule has 0 unspecified atom stereocenters. The summed E-state index contributed by atoms with van der Waals surface area (Å²) >= 11 is 0. The normalized spacial score (nSPS) is 10.5. The summed E-state index contributed by atoms with van der Waals surface area (Å²) in [5.74, 6) is -0.691. The van der Waals surface area contributed by atoms with E-state index in [1.165, 1.54) is 6.92 Å². The van der Waals surface area contributed by atoms with Crippen LogP contribution in [0.1, 0.15) is 19.8 Å². The van der Waals surface area contributed by atoms with Crippen molar-refractivity contribution in [3.8, 4) is 0 Å². The molecule has 1 amide bonds. The highest BCUT2D eigenvalue weighted by molar-refractivity contribution is 5.83. The molecular weight excluding hydrogens is 208 g/mol. The number of aliphatic hydroxyl groups excluding tert-OH is 1. The second-order valence-electron chi connectivity index (χ2n) is 3.16. The third-order valence-corrected chi connectivity index (χ3v) is 1.77. The first-order valence-corrected chi connectivity index (χ1v) is 4.63. The number of nitrogens with zero attached hydrogens (tertiary/aromatic N) is 1. The third kappa shape index (κ3) is 6.96. The summed E-state index contributed by atoms with van der Waals surface area (Å²) in [6.07, 6.45) is -2.66. The Bertz CT molecular complexity index is 221. The van der Waals surface area contributed by atoms with E-state index >= 15 is 0 Å². The molecule has 0 rings (SSSR count). The monoisotopic (exact) mass is 223 g/mol. The topological polar surface area (TPSA) is 57.6 Å². The van der Waals surface area contributed by atoms with Gasteiger partial charge in [0.25, 0.3) is 6.43 Å². The van der Waals surface area contributed by atoms with Crippen molar-refractivity contribution >= 4 is 11.7 Å². The summed E-state index contributed by atoms with van der Waals surface area (Å²) < 4.78 is 24.0. The fraction of sp³-hybridized carbons (Fsp3) is 0.778. The van der Waals surface area contributed by atoms with Crippen molar-refractivity contribution < 1.29 is 23.5 Å². The molecule has 0 radical (unpaired) electrons. The zero-order valence-corrected chi connectivity index (χ0v) is 8.58. The third-order valence-electron chi connectivity index (χ3n) is 1.77. The molecule has 0 aliphatic carbocycles. The van der Waals surface area contributed by atoms with Crippen LogP contribution >= 0.6 is 0 Å². The van der Waals surface area contributed by atoms with E-state index in [1.54, 1.807) is 0 Å². The molecule has 0 spiro atoms. The molecule has 0 heterocycles. The van der Waals surface area contributed by atoms with Crippen molar-refractivity contribution in [2.45, 2.75) is 26.2 Å². The highest BCUT2D eigenvalue weighted by Gasteiger charge is 2.17. The molecule has 0 saturated carbocycles. The smallest absolute Gasteiger partial charge is 0.255 e. The summed E-state index contributed by atoms with van der Waals surface area (Å²) in [5.41, 5.74) is 0. The van der Waals surface area contributed by atoms with Crippen LogP contribution in [0.4, 0.5) is 8.78 Å². The molecular formula is C9H15F2NO3. The second-order valence-corrected chi connectivity index (χ2v) is 3.16. The Morgan fingerprint density at radius 1 is 1.33 bits per heavy atom. The van der Waals surface area contributed by atoms with E-state index in [0.29, 0.717) is 0 Å². The Hall–Kier alpha value is -1.04. The average Bonchev–Trinajstić information content (AvgIpc) is 2.12. The average molecular weight is 223 g/mol. The van der Waals surface area contributed by atoms with Crippen LogP contribution in [0.15, 0.2) is 0 Å². The number of rotatable bonds is 7. The fourth-order valence-corrected chi connectivity index (χ4v) is 1.05. The van der Waals surface area contributed by atoms with Crippen LogP contribution in [0.3, 0.4) is 0 Å². The summed E-state index contributed by atoms with van der Waals surface area (Å²) in [5, 5.41) is 8.57. The number of hydrogen-bond donors (Lipinski definition) is 1. The first-order chi connectivity index (χ1) is 6.97. The van der Waals surface area contributed by atoms with Gasteiger partial charge < -0.3 is 14.8 Å². The molecule has 0 aliphatic heterocycles. The molecule has 0 aromatic heterocycles. The largest absolute Gasteiger partial charge is 0.395 e. The number of halogens is 2. The van der Waals surface area contributed by atoms with Crippen LogP contribution in [-0.2, 0) is 9.59 Å². The SMILES string of the molecule is CC(=O)CCC(=O)N(CCO)CC(F)F. The number of aliphatic hydroxyl groups is 1. The molecule has 0 fully saturated rings. The number of alkyl halides is 2. The van der Waals surface area contributed by atoms with Gasteiger partial charge >= 0.3 is 0 Å². The number of hydrogen-bond acceptors (Lipinski definition) is 3. The van der Waals surface area contributed by atoms with E-state index < -0.39 is 18.9 Å². The van der Waals surface area contributed by atoms with Gasteiger partial charge in [-0.1, -0.05) is 0 Å². The number of ketones is 1. The van der Waals surface area contributed by atoms with Crippen LogP contribution in [0.5, 0.6) is 0 Å². The van der Waals surface area contributed by atoms with Crippen molar-refractivity contribution in [2.75, 3.05) is 19.7 Å². The standard InChI is InChI=1S/C9H15F2NO3/c1-7(14)2-3-9(15)12(4-5-13)6-8(10)11/h8,13H,2-6H2,1H3. The predicted octanol–water partition coefficient (Wildman–Crippen LogP) is 0.442. The van der Waals surface area contributed by atoms with Crippen molar-refractivity contribution in [2.24, 2.45) is 0 Å². The maximum absolute atomic E-state index is 12.0. The van der Waals surface area contributed by atoms with Gasteiger partial charge in [-0.3, -0.25) is 4.79 Å². The maximum Gasteiger partial charge on any atom is 0.255 e. The van der Waals surface area contributed by atoms with Crippen molar-refractivity contribution in [3.63, 3.8) is 0 Å². The van der Waals surface area contributed by atoms with Gasteiger partial charge in [0.15, 0.2) is 0 Å². The van der Waals surface area contributed by atoms with Crippen molar-refractivity contribution in [1.29, 1.82) is 0 Å². The zero-order chi connectivity index (χ0) is 11.8. The van der Waals surface area contributed by atoms with Gasteiger partial charge in [-0.25, -0.2) is 8.78 Å². The van der Waals surface area contributed by atoms with Crippen LogP contribution in [-0.4, -0.2) is 47.8 Å². The Morgan fingerprint density at radius 2 is 1.93 bits per heavy atom. The second kappa shape index (κ2) is 7.28. The van der Waals surface area contributed by atoms with E-state index in [9.17, 15) is 18.4 Å². The van der Waals surface area contributed by atoms with Crippen molar-refractivity contribution in [1.82, 2.24) is 4.90 Å². The minimum Gasteiger partial charge on any atom is -0.395 e. The fourth-order valence-electron chi connectivity index (χ4n) is 1.05. The van der Waals surface area contributed by atoms with Gasteiger partial charge in [-0.15, -0.1) is 0 Å². The summed E-state index contributed by atoms with van der Waals surface area (Å²) in [7, 11) is 0. The van der Waals surface area contributed by atoms with Crippen molar-refractivity contribution in [3.05, 3.63) is 0 Å². The predicted molar refractivity (Wildman–Crippen MR) is 49.6 cm³/mol. The molecule has 0 saturated heterocycles. The Balaban J connectivity index is 4.09. The zero-order valence-electron chi connectivity index (χ0n) is 8.58. The van der Waals surface area contributed by atoms with Gasteiger partial charge in [0.05, 0.1) is 13.2 Å². The Kier molecular flexibility index (Phi) is 6.77. The Morgan fingerprint density at radius 3 is 2.33 bits per heavy atom. The number of carbonyl (C=O) groups excluding carboxylic acids is 2. The van der Waals surface area contributed by atoms with E-state index in [-0.39, 0.29) is 31.8 Å². The van der Waals surface area contributed by atoms with E-state index in [1.807, 2.05) is 0 Å². The van der Waals surface area contributed by atoms with E-state index in [0.717, 1.165) is 4.90 Å². The molecule has 4 nitrogen and oxygen atoms in total. The quantitative estimate of drug-likeness (QED) is 0.681. The van der Waals surface area contributed by atoms with Crippen LogP contribution in [0.25, 0.3) is 0 Å². The number of amides is 1. The van der Waals surface area contributed by atoms with Gasteiger partial charge in [0.2, 0.25) is 5.91 Å². The molecule has 0 aromatic carbocycles. The van der Waals surface area contributed by atoms with E-state index in [4.69, 9.17) is 5.11 Å². The highest BCUT2D eigenvalue weighted by atomic mass is 19.3. The molecule has 15 heavy (non-hydrogen) atoms. The lowest BCUT2D eigenvalue weighted by atomic mass is 10.2. The first kappa shape index (κ1) is 14.0. The van der Waals surface area contributed by atoms with Crippen LogP contribution < -0.4 is 0 Å². The molecule has 0 aromatic rings. The van der Waals surface area contributed by atoms with Crippen LogP contribution in [0, 0.1) is 0 Å². The summed E-state index contributed by atoms with van der Waals surface area (Å²) in [6.45, 7) is 0.147. The first-order valence-electron chi connectivity index (χ1n) is 4.63. The Labute approximate surface area is 86.9 Å². The minimum absolute atomic E-state index is 0.0456. The lowest BCUT2D eigenvalue weighted by molar-refractivity contribution is -0.135. The molecule has 0 aliphatic rings. The van der Waals surface area contributed by atoms with E-state index in [2.05, 4.69) is 0 Å². The summed E-state index contributed by atoms with van der Waals surface area (Å²) in [6, 6.07) is 0.